The lowest BCUT2D eigenvalue weighted by Crippen LogP contribution is -2.35. The van der Waals surface area contributed by atoms with E-state index in [1.54, 1.807) is 0 Å². The van der Waals surface area contributed by atoms with Gasteiger partial charge in [-0.15, -0.1) is 23.4 Å². The summed E-state index contributed by atoms with van der Waals surface area (Å²) in [4.78, 5) is 0. The molecule has 5 rings (SSSR count). The van der Waals surface area contributed by atoms with Gasteiger partial charge >= 0.3 is 6.36 Å². The number of hydrogen-bond acceptors (Lipinski definition) is 5. The highest BCUT2D eigenvalue weighted by atomic mass is 19.4. The van der Waals surface area contributed by atoms with Crippen LogP contribution in [0.5, 0.6) is 0 Å². The molecule has 1 aromatic heterocycles. The largest absolute Gasteiger partial charge is 0.522 e. The highest BCUT2D eigenvalue weighted by molar-refractivity contribution is 5.21. The molecule has 0 unspecified atom stereocenters. The molecule has 21 heavy (non-hydrogen) atoms. The Labute approximate surface area is 119 Å². The Hall–Kier alpha value is -1.15. The Kier molecular flexibility index (Phi) is 2.70. The quantitative estimate of drug-likeness (QED) is 0.927. The summed E-state index contributed by atoms with van der Waals surface area (Å²) in [6.45, 7) is 0. The molecule has 8 heteroatoms. The second-order valence-corrected chi connectivity index (χ2v) is 6.62. The van der Waals surface area contributed by atoms with Gasteiger partial charge in [0.15, 0.2) is 0 Å². The zero-order valence-electron chi connectivity index (χ0n) is 11.3. The van der Waals surface area contributed by atoms with Crippen LogP contribution in [0.4, 0.5) is 13.2 Å². The van der Waals surface area contributed by atoms with Crippen molar-refractivity contribution in [3.05, 3.63) is 11.8 Å². The third-order valence-corrected chi connectivity index (χ3v) is 5.18. The molecule has 2 bridgehead atoms. The molecule has 0 saturated heterocycles. The van der Waals surface area contributed by atoms with E-state index in [9.17, 15) is 13.2 Å². The lowest BCUT2D eigenvalue weighted by molar-refractivity contribution is -0.352. The SMILES string of the molecule is N[C@H]1CC2(c3nnc(C4CC(OC(F)(F)F)C4)o3)CC1C2. The zero-order chi connectivity index (χ0) is 14.8. The van der Waals surface area contributed by atoms with E-state index in [2.05, 4.69) is 14.9 Å². The lowest BCUT2D eigenvalue weighted by atomic mass is 9.69. The minimum atomic E-state index is -4.57. The predicted molar refractivity (Wildman–Crippen MR) is 64.2 cm³/mol. The molecule has 1 heterocycles. The summed E-state index contributed by atoms with van der Waals surface area (Å²) in [7, 11) is 0. The number of aromatic nitrogens is 2. The normalized spacial score (nSPS) is 41.7. The van der Waals surface area contributed by atoms with Crippen LogP contribution in [0.2, 0.25) is 0 Å². The van der Waals surface area contributed by atoms with Crippen molar-refractivity contribution in [1.82, 2.24) is 10.2 Å². The van der Waals surface area contributed by atoms with Gasteiger partial charge in [0.2, 0.25) is 11.8 Å². The summed E-state index contributed by atoms with van der Waals surface area (Å²) in [5, 5.41) is 8.12. The zero-order valence-corrected chi connectivity index (χ0v) is 11.3. The summed E-state index contributed by atoms with van der Waals surface area (Å²) in [5.41, 5.74) is 5.94. The van der Waals surface area contributed by atoms with E-state index in [1.807, 2.05) is 0 Å². The molecule has 2 N–H and O–H groups in total. The van der Waals surface area contributed by atoms with Crippen molar-refractivity contribution in [2.75, 3.05) is 0 Å². The molecular weight excluding hydrogens is 287 g/mol. The maximum atomic E-state index is 12.1. The van der Waals surface area contributed by atoms with Crippen LogP contribution in [0.25, 0.3) is 0 Å². The highest BCUT2D eigenvalue weighted by Gasteiger charge is 2.59. The molecule has 4 aliphatic carbocycles. The van der Waals surface area contributed by atoms with Crippen LogP contribution in [0, 0.1) is 5.92 Å². The van der Waals surface area contributed by atoms with Gasteiger partial charge < -0.3 is 10.2 Å². The van der Waals surface area contributed by atoms with Crippen LogP contribution in [0.1, 0.15) is 49.8 Å². The molecule has 0 spiro atoms. The third kappa shape index (κ3) is 2.15. The van der Waals surface area contributed by atoms with Crippen LogP contribution in [0.3, 0.4) is 0 Å². The number of nitrogens with two attached hydrogens (primary N) is 1. The highest BCUT2D eigenvalue weighted by Crippen LogP contribution is 2.59. The molecular formula is C13H16F3N3O2. The topological polar surface area (TPSA) is 74.2 Å². The van der Waals surface area contributed by atoms with Gasteiger partial charge in [0.1, 0.15) is 0 Å². The molecule has 1 aromatic rings. The van der Waals surface area contributed by atoms with Gasteiger partial charge in [0.25, 0.3) is 0 Å². The standard InChI is InChI=1S/C13H16F3N3O2/c14-13(15,16)21-8-1-6(2-8)10-18-19-11(20-10)12-3-7(4-12)9(17)5-12/h6-9H,1-5,17H2/t6?,7?,8?,9-,12?/m0/s1. The van der Waals surface area contributed by atoms with Crippen molar-refractivity contribution in [2.45, 2.75) is 61.9 Å². The predicted octanol–water partition coefficient (Wildman–Crippen LogP) is 2.23. The van der Waals surface area contributed by atoms with Crippen LogP contribution >= 0.6 is 0 Å². The van der Waals surface area contributed by atoms with E-state index in [4.69, 9.17) is 10.2 Å². The minimum Gasteiger partial charge on any atom is -0.424 e. The Morgan fingerprint density at radius 2 is 1.90 bits per heavy atom. The average Bonchev–Trinajstić information content (AvgIpc) is 2.92. The van der Waals surface area contributed by atoms with Crippen LogP contribution in [0.15, 0.2) is 4.42 Å². The summed E-state index contributed by atoms with van der Waals surface area (Å²) >= 11 is 0. The molecule has 4 saturated carbocycles. The first kappa shape index (κ1) is 13.5. The lowest BCUT2D eigenvalue weighted by Gasteiger charge is -2.35. The number of rotatable bonds is 3. The van der Waals surface area contributed by atoms with Gasteiger partial charge in [-0.2, -0.15) is 0 Å². The first-order valence-corrected chi connectivity index (χ1v) is 7.19. The van der Waals surface area contributed by atoms with Gasteiger partial charge in [-0.1, -0.05) is 0 Å². The fourth-order valence-corrected chi connectivity index (χ4v) is 3.96. The molecule has 4 aliphatic rings. The van der Waals surface area contributed by atoms with Crippen molar-refractivity contribution in [3.8, 4) is 0 Å². The summed E-state index contributed by atoms with van der Waals surface area (Å²) in [5.74, 6) is 1.47. The van der Waals surface area contributed by atoms with E-state index < -0.39 is 12.5 Å². The van der Waals surface area contributed by atoms with Crippen molar-refractivity contribution in [1.29, 1.82) is 0 Å². The van der Waals surface area contributed by atoms with Crippen LogP contribution in [-0.2, 0) is 10.2 Å². The molecule has 0 amide bonds. The first-order chi connectivity index (χ1) is 9.85. The van der Waals surface area contributed by atoms with Crippen molar-refractivity contribution in [2.24, 2.45) is 11.7 Å². The number of hydrogen-bond donors (Lipinski definition) is 1. The van der Waals surface area contributed by atoms with Crippen LogP contribution in [-0.4, -0.2) is 28.7 Å². The van der Waals surface area contributed by atoms with Gasteiger partial charge in [-0.3, -0.25) is 4.74 Å². The maximum absolute atomic E-state index is 12.1. The molecule has 0 aromatic carbocycles. The number of ether oxygens (including phenoxy) is 1. The smallest absolute Gasteiger partial charge is 0.424 e. The van der Waals surface area contributed by atoms with Gasteiger partial charge in [-0.25, -0.2) is 0 Å². The third-order valence-electron chi connectivity index (χ3n) is 5.18. The second-order valence-electron chi connectivity index (χ2n) is 6.62. The number of fused-ring (bicyclic) bond motifs is 1. The molecule has 116 valence electrons. The van der Waals surface area contributed by atoms with Crippen molar-refractivity contribution < 1.29 is 22.3 Å². The van der Waals surface area contributed by atoms with Crippen LogP contribution < -0.4 is 5.73 Å². The Balaban J connectivity index is 1.39. The molecule has 5 nitrogen and oxygen atoms in total. The molecule has 4 fully saturated rings. The van der Waals surface area contributed by atoms with E-state index in [-0.39, 0.29) is 30.2 Å². The second kappa shape index (κ2) is 4.19. The fraction of sp³-hybridized carbons (Fsp3) is 0.846. The molecule has 0 aliphatic heterocycles. The first-order valence-electron chi connectivity index (χ1n) is 7.19. The Morgan fingerprint density at radius 3 is 2.48 bits per heavy atom. The molecule has 0 radical (unpaired) electrons. The Bertz CT molecular complexity index is 547. The van der Waals surface area contributed by atoms with E-state index in [1.165, 1.54) is 0 Å². The minimum absolute atomic E-state index is 0.0685. The van der Waals surface area contributed by atoms with E-state index >= 15 is 0 Å². The van der Waals surface area contributed by atoms with Crippen molar-refractivity contribution in [3.63, 3.8) is 0 Å². The fourth-order valence-electron chi connectivity index (χ4n) is 3.96. The average molecular weight is 303 g/mol. The Morgan fingerprint density at radius 1 is 1.19 bits per heavy atom. The number of alkyl halides is 3. The van der Waals surface area contributed by atoms with E-state index in [0.29, 0.717) is 17.7 Å². The maximum Gasteiger partial charge on any atom is 0.522 e. The van der Waals surface area contributed by atoms with Gasteiger partial charge in [-0.05, 0) is 38.0 Å². The summed E-state index contributed by atoms with van der Waals surface area (Å²) in [6, 6.07) is 0.202. The molecule has 1 atom stereocenters. The van der Waals surface area contributed by atoms with Gasteiger partial charge in [0.05, 0.1) is 11.5 Å². The summed E-state index contributed by atoms with van der Waals surface area (Å²) in [6.07, 6.45) is -1.98. The number of halogens is 3. The van der Waals surface area contributed by atoms with Crippen molar-refractivity contribution >= 4 is 0 Å². The summed E-state index contributed by atoms with van der Waals surface area (Å²) < 4.78 is 45.9. The van der Waals surface area contributed by atoms with E-state index in [0.717, 1.165) is 19.3 Å². The van der Waals surface area contributed by atoms with Gasteiger partial charge in [0, 0.05) is 12.0 Å². The monoisotopic (exact) mass is 303 g/mol. The number of nitrogens with zero attached hydrogens (tertiary/aromatic N) is 2.